The standard InChI is InChI=1S/C26H32N4O4/c31-24(29-22-10-5-8-20(16-22)26(33)30-12-2-1-3-13-30)18-27-21-9-4-7-19(15-21)25(32)28-17-23-11-6-14-34-23/h4-5,7-10,15-16,23,27H,1-3,6,11-14,17-18H2,(H,28,32)(H,29,31). The molecule has 0 spiro atoms. The number of ether oxygens (including phenoxy) is 1. The van der Waals surface area contributed by atoms with Crippen LogP contribution in [0.4, 0.5) is 11.4 Å². The van der Waals surface area contributed by atoms with Crippen molar-refractivity contribution in [3.8, 4) is 0 Å². The van der Waals surface area contributed by atoms with Gasteiger partial charge in [0.15, 0.2) is 0 Å². The average Bonchev–Trinajstić information content (AvgIpc) is 3.40. The fraction of sp³-hybridized carbons (Fsp3) is 0.423. The van der Waals surface area contributed by atoms with Gasteiger partial charge in [0.1, 0.15) is 0 Å². The molecule has 2 saturated heterocycles. The van der Waals surface area contributed by atoms with Gasteiger partial charge in [0.05, 0.1) is 12.6 Å². The highest BCUT2D eigenvalue weighted by atomic mass is 16.5. The van der Waals surface area contributed by atoms with E-state index in [-0.39, 0.29) is 30.4 Å². The molecule has 2 heterocycles. The van der Waals surface area contributed by atoms with Gasteiger partial charge in [-0.25, -0.2) is 0 Å². The second-order valence-corrected chi connectivity index (χ2v) is 8.76. The minimum Gasteiger partial charge on any atom is -0.376 e. The van der Waals surface area contributed by atoms with Crippen molar-refractivity contribution in [2.24, 2.45) is 0 Å². The molecule has 3 N–H and O–H groups in total. The van der Waals surface area contributed by atoms with Gasteiger partial charge in [-0.05, 0) is 68.5 Å². The van der Waals surface area contributed by atoms with Crippen LogP contribution < -0.4 is 16.0 Å². The van der Waals surface area contributed by atoms with Crippen LogP contribution in [0.3, 0.4) is 0 Å². The van der Waals surface area contributed by atoms with E-state index >= 15 is 0 Å². The van der Waals surface area contributed by atoms with Crippen molar-refractivity contribution in [3.05, 3.63) is 59.7 Å². The Kier molecular flexibility index (Phi) is 8.14. The molecule has 2 aromatic carbocycles. The topological polar surface area (TPSA) is 99.8 Å². The molecule has 1 unspecified atom stereocenters. The van der Waals surface area contributed by atoms with E-state index in [2.05, 4.69) is 16.0 Å². The molecule has 0 saturated carbocycles. The molecule has 8 heteroatoms. The summed E-state index contributed by atoms with van der Waals surface area (Å²) in [6.45, 7) is 2.85. The number of anilines is 2. The number of carbonyl (C=O) groups is 3. The minimum atomic E-state index is -0.240. The van der Waals surface area contributed by atoms with Crippen LogP contribution in [0.15, 0.2) is 48.5 Å². The third-order valence-corrected chi connectivity index (χ3v) is 6.13. The number of nitrogens with one attached hydrogen (secondary N) is 3. The minimum absolute atomic E-state index is 0.00325. The summed E-state index contributed by atoms with van der Waals surface area (Å²) in [4.78, 5) is 39.5. The summed E-state index contributed by atoms with van der Waals surface area (Å²) in [6, 6.07) is 14.1. The van der Waals surface area contributed by atoms with Crippen LogP contribution in [0.25, 0.3) is 0 Å². The van der Waals surface area contributed by atoms with Crippen LogP contribution in [0.2, 0.25) is 0 Å². The molecule has 34 heavy (non-hydrogen) atoms. The maximum Gasteiger partial charge on any atom is 0.253 e. The molecule has 180 valence electrons. The summed E-state index contributed by atoms with van der Waals surface area (Å²) in [5, 5.41) is 8.79. The molecule has 4 rings (SSSR count). The third-order valence-electron chi connectivity index (χ3n) is 6.13. The number of likely N-dealkylation sites (tertiary alicyclic amines) is 1. The van der Waals surface area contributed by atoms with Crippen molar-refractivity contribution in [2.75, 3.05) is 43.4 Å². The van der Waals surface area contributed by atoms with Crippen molar-refractivity contribution >= 4 is 29.1 Å². The van der Waals surface area contributed by atoms with Crippen molar-refractivity contribution < 1.29 is 19.1 Å². The van der Waals surface area contributed by atoms with Gasteiger partial charge < -0.3 is 25.6 Å². The summed E-state index contributed by atoms with van der Waals surface area (Å²) in [5.41, 5.74) is 2.35. The zero-order valence-corrected chi connectivity index (χ0v) is 19.3. The first-order valence-electron chi connectivity index (χ1n) is 12.0. The fourth-order valence-electron chi connectivity index (χ4n) is 4.28. The zero-order chi connectivity index (χ0) is 23.8. The van der Waals surface area contributed by atoms with Gasteiger partial charge in [-0.15, -0.1) is 0 Å². The highest BCUT2D eigenvalue weighted by Crippen LogP contribution is 2.17. The molecule has 0 aromatic heterocycles. The quantitative estimate of drug-likeness (QED) is 0.557. The summed E-state index contributed by atoms with van der Waals surface area (Å²) >= 11 is 0. The Labute approximate surface area is 200 Å². The molecule has 0 aliphatic carbocycles. The number of hydrogen-bond donors (Lipinski definition) is 3. The van der Waals surface area contributed by atoms with Gasteiger partial charge in [0.2, 0.25) is 5.91 Å². The Morgan fingerprint density at radius 1 is 0.912 bits per heavy atom. The Morgan fingerprint density at radius 2 is 1.65 bits per heavy atom. The van der Waals surface area contributed by atoms with Crippen LogP contribution in [0.1, 0.15) is 52.8 Å². The molecule has 1 atom stereocenters. The Hall–Kier alpha value is -3.39. The van der Waals surface area contributed by atoms with E-state index in [4.69, 9.17) is 4.74 Å². The molecular weight excluding hydrogens is 432 g/mol. The van der Waals surface area contributed by atoms with E-state index in [1.165, 1.54) is 0 Å². The van der Waals surface area contributed by atoms with Gasteiger partial charge in [-0.2, -0.15) is 0 Å². The summed E-state index contributed by atoms with van der Waals surface area (Å²) in [7, 11) is 0. The van der Waals surface area contributed by atoms with Gasteiger partial charge >= 0.3 is 0 Å². The van der Waals surface area contributed by atoms with Crippen molar-refractivity contribution in [2.45, 2.75) is 38.2 Å². The second-order valence-electron chi connectivity index (χ2n) is 8.76. The molecule has 2 fully saturated rings. The molecule has 2 aliphatic rings. The first kappa shape index (κ1) is 23.8. The van der Waals surface area contributed by atoms with Crippen LogP contribution in [0, 0.1) is 0 Å². The largest absolute Gasteiger partial charge is 0.376 e. The lowest BCUT2D eigenvalue weighted by Gasteiger charge is -2.26. The third kappa shape index (κ3) is 6.57. The second kappa shape index (κ2) is 11.7. The molecule has 2 aliphatic heterocycles. The van der Waals surface area contributed by atoms with Crippen molar-refractivity contribution in [3.63, 3.8) is 0 Å². The molecule has 0 radical (unpaired) electrons. The SMILES string of the molecule is O=C(CNc1cccc(C(=O)NCC2CCCO2)c1)Nc1cccc(C(=O)N2CCCCC2)c1. The predicted octanol–water partition coefficient (Wildman–Crippen LogP) is 3.27. The van der Waals surface area contributed by atoms with Crippen molar-refractivity contribution in [1.82, 2.24) is 10.2 Å². The maximum absolute atomic E-state index is 12.7. The van der Waals surface area contributed by atoms with E-state index in [1.807, 2.05) is 11.0 Å². The molecular formula is C26H32N4O4. The number of rotatable bonds is 8. The summed E-state index contributed by atoms with van der Waals surface area (Å²) < 4.78 is 5.54. The fourth-order valence-corrected chi connectivity index (χ4v) is 4.28. The average molecular weight is 465 g/mol. The molecule has 8 nitrogen and oxygen atoms in total. The van der Waals surface area contributed by atoms with Gasteiger partial charge in [0, 0.05) is 48.7 Å². The number of piperidine rings is 1. The van der Waals surface area contributed by atoms with Crippen LogP contribution >= 0.6 is 0 Å². The molecule has 3 amide bonds. The van der Waals surface area contributed by atoms with E-state index in [0.717, 1.165) is 51.8 Å². The Bertz CT molecular complexity index is 1010. The van der Waals surface area contributed by atoms with Gasteiger partial charge in [-0.1, -0.05) is 12.1 Å². The van der Waals surface area contributed by atoms with Gasteiger partial charge in [0.25, 0.3) is 11.8 Å². The lowest BCUT2D eigenvalue weighted by Crippen LogP contribution is -2.35. The number of hydrogen-bond acceptors (Lipinski definition) is 5. The lowest BCUT2D eigenvalue weighted by atomic mass is 10.1. The monoisotopic (exact) mass is 464 g/mol. The normalized spacial score (nSPS) is 17.8. The van der Waals surface area contributed by atoms with Crippen LogP contribution in [-0.4, -0.2) is 61.5 Å². The summed E-state index contributed by atoms with van der Waals surface area (Å²) in [6.07, 6.45) is 5.31. The van der Waals surface area contributed by atoms with Crippen LogP contribution in [-0.2, 0) is 9.53 Å². The Balaban J connectivity index is 1.27. The first-order valence-corrected chi connectivity index (χ1v) is 12.0. The van der Waals surface area contributed by atoms with Gasteiger partial charge in [-0.3, -0.25) is 14.4 Å². The van der Waals surface area contributed by atoms with E-state index in [0.29, 0.717) is 29.0 Å². The Morgan fingerprint density at radius 3 is 2.41 bits per heavy atom. The predicted molar refractivity (Wildman–Crippen MR) is 131 cm³/mol. The highest BCUT2D eigenvalue weighted by molar-refractivity contribution is 5.98. The van der Waals surface area contributed by atoms with E-state index in [1.54, 1.807) is 42.5 Å². The summed E-state index contributed by atoms with van der Waals surface area (Å²) in [5.74, 6) is -0.405. The lowest BCUT2D eigenvalue weighted by molar-refractivity contribution is -0.114. The van der Waals surface area contributed by atoms with Crippen molar-refractivity contribution in [1.29, 1.82) is 0 Å². The zero-order valence-electron chi connectivity index (χ0n) is 19.3. The maximum atomic E-state index is 12.7. The smallest absolute Gasteiger partial charge is 0.253 e. The molecule has 0 bridgehead atoms. The van der Waals surface area contributed by atoms with Crippen LogP contribution in [0.5, 0.6) is 0 Å². The number of amides is 3. The van der Waals surface area contributed by atoms with E-state index in [9.17, 15) is 14.4 Å². The number of benzene rings is 2. The molecule has 2 aromatic rings. The number of nitrogens with zero attached hydrogens (tertiary/aromatic N) is 1. The number of carbonyl (C=O) groups excluding carboxylic acids is 3. The first-order chi connectivity index (χ1) is 16.6. The van der Waals surface area contributed by atoms with E-state index < -0.39 is 0 Å². The highest BCUT2D eigenvalue weighted by Gasteiger charge is 2.19.